The van der Waals surface area contributed by atoms with E-state index in [1.54, 1.807) is 43.1 Å². The molecule has 9 heteroatoms. The van der Waals surface area contributed by atoms with E-state index >= 15 is 0 Å². The normalized spacial score (nSPS) is 13.1. The van der Waals surface area contributed by atoms with Crippen LogP contribution in [0.15, 0.2) is 42.5 Å². The van der Waals surface area contributed by atoms with Crippen LogP contribution in [0.2, 0.25) is 0 Å². The minimum atomic E-state index is -0.687. The maximum absolute atomic E-state index is 13.1. The Kier molecular flexibility index (Phi) is 6.45. The molecule has 8 nitrogen and oxygen atoms in total. The molecule has 0 spiro atoms. The molecule has 0 fully saturated rings. The third-order valence-corrected chi connectivity index (χ3v) is 6.00. The fourth-order valence-electron chi connectivity index (χ4n) is 3.61. The summed E-state index contributed by atoms with van der Waals surface area (Å²) in [6, 6.07) is 12.0. The van der Waals surface area contributed by atoms with E-state index in [0.29, 0.717) is 29.3 Å². The molecule has 4 rings (SSSR count). The number of methoxy groups -OCH3 is 1. The van der Waals surface area contributed by atoms with Gasteiger partial charge in [0, 0.05) is 29.7 Å². The Bertz CT molecular complexity index is 1160. The van der Waals surface area contributed by atoms with Crippen LogP contribution in [0, 0.1) is 0 Å². The lowest BCUT2D eigenvalue weighted by molar-refractivity contribution is -0.118. The molecule has 1 aliphatic heterocycles. The lowest BCUT2D eigenvalue weighted by atomic mass is 10.2. The largest absolute Gasteiger partial charge is 0.497 e. The molecule has 0 saturated carbocycles. The van der Waals surface area contributed by atoms with Crippen molar-refractivity contribution in [1.29, 1.82) is 0 Å². The summed E-state index contributed by atoms with van der Waals surface area (Å²) in [6.45, 7) is 0.163. The number of thioether (sulfide) groups is 1. The highest BCUT2D eigenvalue weighted by Crippen LogP contribution is 2.34. The first kappa shape index (κ1) is 21.9. The van der Waals surface area contributed by atoms with Gasteiger partial charge in [-0.05, 0) is 54.8 Å². The van der Waals surface area contributed by atoms with Crippen LogP contribution in [-0.4, -0.2) is 48.3 Å². The fourth-order valence-corrected chi connectivity index (χ4v) is 4.08. The zero-order valence-electron chi connectivity index (χ0n) is 18.1. The van der Waals surface area contributed by atoms with Crippen LogP contribution in [0.3, 0.4) is 0 Å². The van der Waals surface area contributed by atoms with E-state index in [1.165, 1.54) is 0 Å². The minimum Gasteiger partial charge on any atom is -0.497 e. The lowest BCUT2D eigenvalue weighted by Gasteiger charge is -2.18. The summed E-state index contributed by atoms with van der Waals surface area (Å²) in [5, 5.41) is 6.66. The molecule has 0 saturated heterocycles. The van der Waals surface area contributed by atoms with Gasteiger partial charge in [0.2, 0.25) is 12.7 Å². The van der Waals surface area contributed by atoms with Crippen molar-refractivity contribution in [2.75, 3.05) is 31.2 Å². The van der Waals surface area contributed by atoms with Crippen LogP contribution in [-0.2, 0) is 11.8 Å². The first-order chi connectivity index (χ1) is 15.5. The van der Waals surface area contributed by atoms with Crippen molar-refractivity contribution in [1.82, 2.24) is 9.88 Å². The van der Waals surface area contributed by atoms with Crippen LogP contribution in [0.4, 0.5) is 5.69 Å². The number of aromatic nitrogens is 1. The molecule has 0 bridgehead atoms. The van der Waals surface area contributed by atoms with E-state index in [2.05, 4.69) is 10.6 Å². The second-order valence-corrected chi connectivity index (χ2v) is 8.36. The highest BCUT2D eigenvalue weighted by molar-refractivity contribution is 7.98. The molecule has 168 valence electrons. The number of anilines is 1. The Morgan fingerprint density at radius 3 is 2.75 bits per heavy atom. The zero-order valence-corrected chi connectivity index (χ0v) is 19.0. The van der Waals surface area contributed by atoms with Gasteiger partial charge in [-0.15, -0.1) is 0 Å². The van der Waals surface area contributed by atoms with E-state index in [1.807, 2.05) is 36.1 Å². The number of aryl methyl sites for hydroxylation is 1. The number of nitrogens with one attached hydrogen (secondary N) is 2. The molecule has 1 atom stereocenters. The summed E-state index contributed by atoms with van der Waals surface area (Å²) >= 11 is 1.62. The van der Waals surface area contributed by atoms with Crippen LogP contribution >= 0.6 is 11.8 Å². The topological polar surface area (TPSA) is 90.8 Å². The van der Waals surface area contributed by atoms with E-state index in [0.717, 1.165) is 22.4 Å². The highest BCUT2D eigenvalue weighted by atomic mass is 32.2. The van der Waals surface area contributed by atoms with E-state index < -0.39 is 6.04 Å². The van der Waals surface area contributed by atoms with Crippen LogP contribution in [0.5, 0.6) is 17.2 Å². The van der Waals surface area contributed by atoms with E-state index in [9.17, 15) is 9.59 Å². The zero-order chi connectivity index (χ0) is 22.7. The van der Waals surface area contributed by atoms with Gasteiger partial charge in [-0.1, -0.05) is 0 Å². The van der Waals surface area contributed by atoms with Crippen molar-refractivity contribution in [2.45, 2.75) is 12.5 Å². The van der Waals surface area contributed by atoms with Crippen molar-refractivity contribution < 1.29 is 23.8 Å². The second-order valence-electron chi connectivity index (χ2n) is 7.38. The number of carbonyl (C=O) groups is 2. The van der Waals surface area contributed by atoms with Gasteiger partial charge in [-0.25, -0.2) is 0 Å². The maximum Gasteiger partial charge on any atom is 0.268 e. The molecule has 0 radical (unpaired) electrons. The predicted octanol–water partition coefficient (Wildman–Crippen LogP) is 3.41. The Balaban J connectivity index is 1.51. The third-order valence-electron chi connectivity index (χ3n) is 5.35. The van der Waals surface area contributed by atoms with Gasteiger partial charge in [0.25, 0.3) is 5.91 Å². The summed E-state index contributed by atoms with van der Waals surface area (Å²) in [7, 11) is 3.43. The fraction of sp³-hybridized carbons (Fsp3) is 0.304. The summed E-state index contributed by atoms with van der Waals surface area (Å²) in [6.07, 6.45) is 2.47. The third kappa shape index (κ3) is 4.47. The number of hydrogen-bond donors (Lipinski definition) is 2. The average molecular weight is 456 g/mol. The first-order valence-electron chi connectivity index (χ1n) is 10.1. The van der Waals surface area contributed by atoms with Crippen molar-refractivity contribution in [3.05, 3.63) is 48.2 Å². The average Bonchev–Trinajstić information content (AvgIpc) is 3.40. The number of benzene rings is 2. The van der Waals surface area contributed by atoms with Crippen molar-refractivity contribution in [3.63, 3.8) is 0 Å². The molecule has 2 heterocycles. The molecule has 2 amide bonds. The number of hydrogen-bond acceptors (Lipinski definition) is 6. The van der Waals surface area contributed by atoms with E-state index in [4.69, 9.17) is 14.2 Å². The Morgan fingerprint density at radius 2 is 1.97 bits per heavy atom. The number of carbonyl (C=O) groups excluding carboxylic acids is 2. The van der Waals surface area contributed by atoms with Crippen LogP contribution in [0.25, 0.3) is 10.9 Å². The maximum atomic E-state index is 13.1. The SMILES string of the molecule is COc1ccc2c(c1)cc(C(=O)N[C@H](CCSC)C(=O)Nc1ccc3c(c1)OCO3)n2C. The minimum absolute atomic E-state index is 0.163. The Hall–Kier alpha value is -3.33. The van der Waals surface area contributed by atoms with Gasteiger partial charge in [0.15, 0.2) is 11.5 Å². The van der Waals surface area contributed by atoms with Gasteiger partial charge >= 0.3 is 0 Å². The number of ether oxygens (including phenoxy) is 3. The summed E-state index contributed by atoms with van der Waals surface area (Å²) in [4.78, 5) is 26.1. The van der Waals surface area contributed by atoms with Gasteiger partial charge in [0.05, 0.1) is 7.11 Å². The highest BCUT2D eigenvalue weighted by Gasteiger charge is 2.24. The van der Waals surface area contributed by atoms with Gasteiger partial charge in [-0.3, -0.25) is 9.59 Å². The molecule has 32 heavy (non-hydrogen) atoms. The molecule has 2 aromatic carbocycles. The molecule has 3 aromatic rings. The number of fused-ring (bicyclic) bond motifs is 2. The number of nitrogens with zero attached hydrogens (tertiary/aromatic N) is 1. The monoisotopic (exact) mass is 455 g/mol. The van der Waals surface area contributed by atoms with Gasteiger partial charge in [-0.2, -0.15) is 11.8 Å². The van der Waals surface area contributed by atoms with Crippen molar-refractivity contribution in [3.8, 4) is 17.2 Å². The number of amides is 2. The lowest BCUT2D eigenvalue weighted by Crippen LogP contribution is -2.44. The van der Waals surface area contributed by atoms with E-state index in [-0.39, 0.29) is 18.6 Å². The molecule has 0 aliphatic carbocycles. The standard InChI is InChI=1S/C23H25N3O5S/c1-26-18-6-5-16(29-2)10-14(18)11-19(26)23(28)25-17(8-9-32-3)22(27)24-15-4-7-20-21(12-15)31-13-30-20/h4-7,10-12,17H,8-9,13H2,1-3H3,(H,24,27)(H,25,28)/t17-/m1/s1. The van der Waals surface area contributed by atoms with Gasteiger partial charge in [0.1, 0.15) is 17.5 Å². The molecule has 1 aliphatic rings. The Labute approximate surface area is 190 Å². The predicted molar refractivity (Wildman–Crippen MR) is 125 cm³/mol. The Morgan fingerprint density at radius 1 is 1.16 bits per heavy atom. The van der Waals surface area contributed by atoms with Crippen molar-refractivity contribution in [2.24, 2.45) is 7.05 Å². The van der Waals surface area contributed by atoms with Crippen LogP contribution in [0.1, 0.15) is 16.9 Å². The smallest absolute Gasteiger partial charge is 0.268 e. The molecular formula is C23H25N3O5S. The molecule has 0 unspecified atom stereocenters. The quantitative estimate of drug-likeness (QED) is 0.541. The summed E-state index contributed by atoms with van der Waals surface area (Å²) < 4.78 is 17.8. The second kappa shape index (κ2) is 9.44. The first-order valence-corrected chi connectivity index (χ1v) is 11.5. The van der Waals surface area contributed by atoms with Crippen molar-refractivity contribution >= 4 is 40.2 Å². The van der Waals surface area contributed by atoms with Gasteiger partial charge < -0.3 is 29.4 Å². The number of rotatable bonds is 8. The molecule has 2 N–H and O–H groups in total. The summed E-state index contributed by atoms with van der Waals surface area (Å²) in [5.41, 5.74) is 1.96. The molecule has 1 aromatic heterocycles. The van der Waals surface area contributed by atoms with Crippen LogP contribution < -0.4 is 24.8 Å². The molecular weight excluding hydrogens is 430 g/mol. The summed E-state index contributed by atoms with van der Waals surface area (Å²) in [5.74, 6) is 2.07.